The molecule has 2 heterocycles. The standard InChI is InChI=1S/C20H31N3O2/c1-16-4-6-19(7-5-16)22-20(24)21-13-18-3-2-10-23(14-18)11-8-17-9-12-25-15-17/h4-7,17-18H,2-3,8-15H2,1H3,(H2,21,22,24)/t17-,18+/m1/s1. The van der Waals surface area contributed by atoms with Gasteiger partial charge < -0.3 is 20.3 Å². The number of ether oxygens (including phenoxy) is 1. The molecule has 3 rings (SSSR count). The van der Waals surface area contributed by atoms with Crippen LogP contribution in [0.2, 0.25) is 0 Å². The maximum absolute atomic E-state index is 12.1. The quantitative estimate of drug-likeness (QED) is 0.832. The smallest absolute Gasteiger partial charge is 0.319 e. The van der Waals surface area contributed by atoms with Gasteiger partial charge in [-0.05, 0) is 69.7 Å². The van der Waals surface area contributed by atoms with Crippen LogP contribution in [-0.2, 0) is 4.74 Å². The summed E-state index contributed by atoms with van der Waals surface area (Å²) in [6, 6.07) is 7.77. The summed E-state index contributed by atoms with van der Waals surface area (Å²) in [6.45, 7) is 8.13. The molecule has 1 aromatic rings. The van der Waals surface area contributed by atoms with Crippen molar-refractivity contribution >= 4 is 11.7 Å². The minimum absolute atomic E-state index is 0.107. The van der Waals surface area contributed by atoms with Crippen LogP contribution in [0.4, 0.5) is 10.5 Å². The summed E-state index contributed by atoms with van der Waals surface area (Å²) in [5.41, 5.74) is 2.03. The number of carbonyl (C=O) groups is 1. The zero-order valence-corrected chi connectivity index (χ0v) is 15.3. The van der Waals surface area contributed by atoms with E-state index in [2.05, 4.69) is 15.5 Å². The zero-order valence-electron chi connectivity index (χ0n) is 15.3. The summed E-state index contributed by atoms with van der Waals surface area (Å²) in [7, 11) is 0. The molecule has 0 aromatic heterocycles. The first-order chi connectivity index (χ1) is 12.2. The average molecular weight is 345 g/mol. The van der Waals surface area contributed by atoms with E-state index in [1.165, 1.54) is 44.3 Å². The molecule has 0 aliphatic carbocycles. The van der Waals surface area contributed by atoms with Gasteiger partial charge in [0.25, 0.3) is 0 Å². The van der Waals surface area contributed by atoms with Crippen molar-refractivity contribution in [2.45, 2.75) is 32.6 Å². The van der Waals surface area contributed by atoms with Gasteiger partial charge in [0.05, 0.1) is 0 Å². The van der Waals surface area contributed by atoms with Gasteiger partial charge in [0.1, 0.15) is 0 Å². The lowest BCUT2D eigenvalue weighted by atomic mass is 9.97. The van der Waals surface area contributed by atoms with Crippen LogP contribution in [0.5, 0.6) is 0 Å². The molecule has 2 aliphatic rings. The Morgan fingerprint density at radius 2 is 2.08 bits per heavy atom. The first kappa shape index (κ1) is 18.2. The van der Waals surface area contributed by atoms with Gasteiger partial charge in [-0.15, -0.1) is 0 Å². The molecular weight excluding hydrogens is 314 g/mol. The highest BCUT2D eigenvalue weighted by Crippen LogP contribution is 2.20. The van der Waals surface area contributed by atoms with E-state index >= 15 is 0 Å². The fourth-order valence-corrected chi connectivity index (χ4v) is 3.75. The summed E-state index contributed by atoms with van der Waals surface area (Å²) < 4.78 is 5.47. The maximum atomic E-state index is 12.1. The summed E-state index contributed by atoms with van der Waals surface area (Å²) in [4.78, 5) is 14.6. The van der Waals surface area contributed by atoms with Crippen molar-refractivity contribution in [1.29, 1.82) is 0 Å². The Morgan fingerprint density at radius 1 is 1.24 bits per heavy atom. The SMILES string of the molecule is Cc1ccc(NC(=O)NC[C@@H]2CCCN(CC[C@@H]3CCOC3)C2)cc1. The van der Waals surface area contributed by atoms with Crippen LogP contribution < -0.4 is 10.6 Å². The summed E-state index contributed by atoms with van der Waals surface area (Å²) in [6.07, 6.45) is 4.90. The number of likely N-dealkylation sites (tertiary alicyclic amines) is 1. The van der Waals surface area contributed by atoms with Crippen LogP contribution in [-0.4, -0.2) is 50.3 Å². The topological polar surface area (TPSA) is 53.6 Å². The van der Waals surface area contributed by atoms with Gasteiger partial charge in [-0.1, -0.05) is 17.7 Å². The van der Waals surface area contributed by atoms with Crippen LogP contribution in [0.1, 0.15) is 31.2 Å². The highest BCUT2D eigenvalue weighted by atomic mass is 16.5. The number of aryl methyl sites for hydroxylation is 1. The number of hydrogen-bond acceptors (Lipinski definition) is 3. The van der Waals surface area contributed by atoms with Crippen LogP contribution in [0.25, 0.3) is 0 Å². The molecule has 1 aromatic carbocycles. The van der Waals surface area contributed by atoms with E-state index in [1.54, 1.807) is 0 Å². The molecule has 2 amide bonds. The van der Waals surface area contributed by atoms with E-state index in [0.717, 1.165) is 37.9 Å². The number of hydrogen-bond donors (Lipinski definition) is 2. The van der Waals surface area contributed by atoms with Crippen LogP contribution >= 0.6 is 0 Å². The molecule has 0 radical (unpaired) electrons. The van der Waals surface area contributed by atoms with E-state index < -0.39 is 0 Å². The number of anilines is 1. The molecule has 0 bridgehead atoms. The summed E-state index contributed by atoms with van der Waals surface area (Å²) in [5, 5.41) is 5.94. The number of nitrogens with zero attached hydrogens (tertiary/aromatic N) is 1. The molecule has 0 spiro atoms. The Hall–Kier alpha value is -1.59. The van der Waals surface area contributed by atoms with Crippen molar-refractivity contribution in [1.82, 2.24) is 10.2 Å². The van der Waals surface area contributed by atoms with E-state index in [1.807, 2.05) is 31.2 Å². The second-order valence-corrected chi connectivity index (χ2v) is 7.53. The molecule has 0 unspecified atom stereocenters. The monoisotopic (exact) mass is 345 g/mol. The molecule has 5 nitrogen and oxygen atoms in total. The van der Waals surface area contributed by atoms with Gasteiger partial charge in [-0.2, -0.15) is 0 Å². The minimum Gasteiger partial charge on any atom is -0.381 e. The normalized spacial score (nSPS) is 24.2. The van der Waals surface area contributed by atoms with Crippen LogP contribution in [0, 0.1) is 18.8 Å². The second-order valence-electron chi connectivity index (χ2n) is 7.53. The van der Waals surface area contributed by atoms with Gasteiger partial charge in [0.15, 0.2) is 0 Å². The van der Waals surface area contributed by atoms with Crippen molar-refractivity contribution in [3.05, 3.63) is 29.8 Å². The molecule has 138 valence electrons. The third-order valence-corrected chi connectivity index (χ3v) is 5.34. The fraction of sp³-hybridized carbons (Fsp3) is 0.650. The number of nitrogens with one attached hydrogen (secondary N) is 2. The molecule has 2 N–H and O–H groups in total. The van der Waals surface area contributed by atoms with E-state index in [4.69, 9.17) is 4.74 Å². The highest BCUT2D eigenvalue weighted by molar-refractivity contribution is 5.89. The molecule has 25 heavy (non-hydrogen) atoms. The van der Waals surface area contributed by atoms with Crippen molar-refractivity contribution in [3.8, 4) is 0 Å². The van der Waals surface area contributed by atoms with Gasteiger partial charge in [-0.3, -0.25) is 0 Å². The first-order valence-electron chi connectivity index (χ1n) is 9.60. The number of amides is 2. The fourth-order valence-electron chi connectivity index (χ4n) is 3.75. The van der Waals surface area contributed by atoms with E-state index in [0.29, 0.717) is 5.92 Å². The Bertz CT molecular complexity index is 540. The molecule has 2 saturated heterocycles. The Balaban J connectivity index is 1.35. The van der Waals surface area contributed by atoms with Crippen molar-refractivity contribution < 1.29 is 9.53 Å². The molecule has 5 heteroatoms. The summed E-state index contributed by atoms with van der Waals surface area (Å²) >= 11 is 0. The number of benzene rings is 1. The zero-order chi connectivity index (χ0) is 17.5. The van der Waals surface area contributed by atoms with E-state index in [-0.39, 0.29) is 6.03 Å². The van der Waals surface area contributed by atoms with Gasteiger partial charge >= 0.3 is 6.03 Å². The highest BCUT2D eigenvalue weighted by Gasteiger charge is 2.22. The number of carbonyl (C=O) groups excluding carboxylic acids is 1. The lowest BCUT2D eigenvalue weighted by molar-refractivity contribution is 0.153. The Morgan fingerprint density at radius 3 is 2.84 bits per heavy atom. The van der Waals surface area contributed by atoms with Gasteiger partial charge in [-0.25, -0.2) is 4.79 Å². The lowest BCUT2D eigenvalue weighted by Crippen LogP contribution is -2.42. The molecule has 2 atom stereocenters. The molecule has 2 fully saturated rings. The minimum atomic E-state index is -0.107. The predicted octanol–water partition coefficient (Wildman–Crippen LogP) is 3.26. The maximum Gasteiger partial charge on any atom is 0.319 e. The largest absolute Gasteiger partial charge is 0.381 e. The third kappa shape index (κ3) is 6.01. The number of urea groups is 1. The van der Waals surface area contributed by atoms with Crippen LogP contribution in [0.3, 0.4) is 0 Å². The Labute approximate surface area is 151 Å². The Kier molecular flexibility index (Phi) is 6.70. The predicted molar refractivity (Wildman–Crippen MR) is 101 cm³/mol. The average Bonchev–Trinajstić information content (AvgIpc) is 3.14. The molecular formula is C20H31N3O2. The van der Waals surface area contributed by atoms with Crippen molar-refractivity contribution in [2.24, 2.45) is 11.8 Å². The number of rotatable bonds is 6. The molecule has 2 aliphatic heterocycles. The molecule has 0 saturated carbocycles. The van der Waals surface area contributed by atoms with Crippen molar-refractivity contribution in [2.75, 3.05) is 44.7 Å². The number of piperidine rings is 1. The first-order valence-corrected chi connectivity index (χ1v) is 9.60. The lowest BCUT2D eigenvalue weighted by Gasteiger charge is -2.33. The summed E-state index contributed by atoms with van der Waals surface area (Å²) in [5.74, 6) is 1.30. The van der Waals surface area contributed by atoms with E-state index in [9.17, 15) is 4.79 Å². The van der Waals surface area contributed by atoms with Gasteiger partial charge in [0.2, 0.25) is 0 Å². The van der Waals surface area contributed by atoms with Crippen LogP contribution in [0.15, 0.2) is 24.3 Å². The third-order valence-electron chi connectivity index (χ3n) is 5.34. The van der Waals surface area contributed by atoms with Crippen molar-refractivity contribution in [3.63, 3.8) is 0 Å². The van der Waals surface area contributed by atoms with Gasteiger partial charge in [0, 0.05) is 32.0 Å². The second kappa shape index (κ2) is 9.20.